The van der Waals surface area contributed by atoms with Crippen molar-refractivity contribution in [2.75, 3.05) is 5.73 Å². The topological polar surface area (TPSA) is 46.2 Å². The number of aliphatic hydroxyl groups is 1. The van der Waals surface area contributed by atoms with Crippen LogP contribution in [0.5, 0.6) is 0 Å². The molecule has 68 valence electrons. The summed E-state index contributed by atoms with van der Waals surface area (Å²) in [6.45, 7) is 0.0231. The summed E-state index contributed by atoms with van der Waals surface area (Å²) in [6, 6.07) is 5.65. The first-order valence-corrected chi connectivity index (χ1v) is 5.09. The molecule has 0 atom stereocenters. The SMILES string of the molecule is Nc1cc(CO)c2sc(S)cc2c1. The number of anilines is 1. The number of aliphatic hydroxyl groups excluding tert-OH is 1. The average molecular weight is 211 g/mol. The standard InChI is InChI=1S/C9H9NOS2/c10-7-1-5-3-8(12)13-9(5)6(2-7)4-11/h1-3,11-12H,4,10H2. The fraction of sp³-hybridized carbons (Fsp3) is 0.111. The fourth-order valence-electron chi connectivity index (χ4n) is 1.36. The molecule has 0 aliphatic heterocycles. The van der Waals surface area contributed by atoms with Gasteiger partial charge in [0.2, 0.25) is 0 Å². The average Bonchev–Trinajstić information content (AvgIpc) is 2.43. The Labute approximate surface area is 85.4 Å². The van der Waals surface area contributed by atoms with Crippen molar-refractivity contribution < 1.29 is 5.11 Å². The summed E-state index contributed by atoms with van der Waals surface area (Å²) in [6.07, 6.45) is 0. The molecule has 0 aliphatic rings. The number of fused-ring (bicyclic) bond motifs is 1. The molecule has 0 aliphatic carbocycles. The minimum Gasteiger partial charge on any atom is -0.399 e. The molecule has 0 amide bonds. The number of nitrogen functional groups attached to an aromatic ring is 1. The Morgan fingerprint density at radius 1 is 1.38 bits per heavy atom. The lowest BCUT2D eigenvalue weighted by atomic mass is 10.1. The van der Waals surface area contributed by atoms with Crippen LogP contribution in [0.2, 0.25) is 0 Å². The first-order chi connectivity index (χ1) is 6.20. The second-order valence-corrected chi connectivity index (χ2v) is 4.68. The van der Waals surface area contributed by atoms with E-state index in [9.17, 15) is 0 Å². The summed E-state index contributed by atoms with van der Waals surface area (Å²) in [5.74, 6) is 0. The van der Waals surface area contributed by atoms with Gasteiger partial charge in [0, 0.05) is 10.4 Å². The van der Waals surface area contributed by atoms with E-state index in [4.69, 9.17) is 10.8 Å². The van der Waals surface area contributed by atoms with Crippen LogP contribution in [0.25, 0.3) is 10.1 Å². The summed E-state index contributed by atoms with van der Waals surface area (Å²) in [7, 11) is 0. The number of rotatable bonds is 1. The van der Waals surface area contributed by atoms with Gasteiger partial charge in [-0.2, -0.15) is 0 Å². The Morgan fingerprint density at radius 2 is 2.15 bits per heavy atom. The largest absolute Gasteiger partial charge is 0.399 e. The van der Waals surface area contributed by atoms with E-state index in [0.717, 1.165) is 19.9 Å². The van der Waals surface area contributed by atoms with E-state index in [1.807, 2.05) is 12.1 Å². The van der Waals surface area contributed by atoms with E-state index in [0.29, 0.717) is 5.69 Å². The highest BCUT2D eigenvalue weighted by Crippen LogP contribution is 2.32. The van der Waals surface area contributed by atoms with E-state index in [1.54, 1.807) is 17.4 Å². The maximum atomic E-state index is 9.10. The third-order valence-corrected chi connectivity index (χ3v) is 3.30. The Hall–Kier alpha value is -0.710. The third kappa shape index (κ3) is 1.52. The predicted octanol–water partition coefficient (Wildman–Crippen LogP) is 2.26. The first kappa shape index (κ1) is 8.87. The minimum absolute atomic E-state index is 0.0231. The number of benzene rings is 1. The van der Waals surface area contributed by atoms with E-state index in [-0.39, 0.29) is 6.61 Å². The molecule has 0 bridgehead atoms. The smallest absolute Gasteiger partial charge is 0.0696 e. The lowest BCUT2D eigenvalue weighted by Gasteiger charge is -2.00. The summed E-state index contributed by atoms with van der Waals surface area (Å²) < 4.78 is 2.01. The Kier molecular flexibility index (Phi) is 2.19. The second-order valence-electron chi connectivity index (χ2n) is 2.84. The molecule has 1 heterocycles. The van der Waals surface area contributed by atoms with Gasteiger partial charge in [0.25, 0.3) is 0 Å². The zero-order valence-corrected chi connectivity index (χ0v) is 8.53. The van der Waals surface area contributed by atoms with Crippen molar-refractivity contribution in [3.63, 3.8) is 0 Å². The summed E-state index contributed by atoms with van der Waals surface area (Å²) in [5, 5.41) is 10.2. The predicted molar refractivity (Wildman–Crippen MR) is 59.4 cm³/mol. The normalized spacial score (nSPS) is 10.9. The highest BCUT2D eigenvalue weighted by atomic mass is 32.2. The van der Waals surface area contributed by atoms with Crippen molar-refractivity contribution in [1.29, 1.82) is 0 Å². The molecule has 0 fully saturated rings. The van der Waals surface area contributed by atoms with Crippen molar-refractivity contribution in [1.82, 2.24) is 0 Å². The highest BCUT2D eigenvalue weighted by Gasteiger charge is 2.05. The quantitative estimate of drug-likeness (QED) is 0.500. The summed E-state index contributed by atoms with van der Waals surface area (Å²) in [5.41, 5.74) is 7.24. The van der Waals surface area contributed by atoms with E-state index in [1.165, 1.54) is 0 Å². The van der Waals surface area contributed by atoms with Gasteiger partial charge >= 0.3 is 0 Å². The van der Waals surface area contributed by atoms with Gasteiger partial charge in [0.1, 0.15) is 0 Å². The summed E-state index contributed by atoms with van der Waals surface area (Å²) >= 11 is 5.82. The number of thiol groups is 1. The lowest BCUT2D eigenvalue weighted by Crippen LogP contribution is -1.88. The van der Waals surface area contributed by atoms with Crippen LogP contribution < -0.4 is 5.73 Å². The first-order valence-electron chi connectivity index (χ1n) is 3.82. The van der Waals surface area contributed by atoms with E-state index < -0.39 is 0 Å². The highest BCUT2D eigenvalue weighted by molar-refractivity contribution is 7.83. The molecule has 1 aromatic carbocycles. The molecule has 0 spiro atoms. The van der Waals surface area contributed by atoms with Crippen molar-refractivity contribution in [2.24, 2.45) is 0 Å². The number of nitrogens with two attached hydrogens (primary N) is 1. The number of hydrogen-bond acceptors (Lipinski definition) is 4. The van der Waals surface area contributed by atoms with Crippen LogP contribution in [0.3, 0.4) is 0 Å². The van der Waals surface area contributed by atoms with E-state index in [2.05, 4.69) is 12.6 Å². The fourth-order valence-corrected chi connectivity index (χ4v) is 2.65. The van der Waals surface area contributed by atoms with Gasteiger partial charge in [0.15, 0.2) is 0 Å². The van der Waals surface area contributed by atoms with Crippen LogP contribution in [0.1, 0.15) is 5.56 Å². The van der Waals surface area contributed by atoms with Crippen LogP contribution in [0, 0.1) is 0 Å². The van der Waals surface area contributed by atoms with Crippen LogP contribution in [-0.4, -0.2) is 5.11 Å². The van der Waals surface area contributed by atoms with Crippen molar-refractivity contribution in [3.8, 4) is 0 Å². The molecule has 0 saturated heterocycles. The Morgan fingerprint density at radius 3 is 2.85 bits per heavy atom. The van der Waals surface area contributed by atoms with Gasteiger partial charge in [-0.1, -0.05) is 0 Å². The maximum Gasteiger partial charge on any atom is 0.0696 e. The molecule has 13 heavy (non-hydrogen) atoms. The zero-order chi connectivity index (χ0) is 9.42. The lowest BCUT2D eigenvalue weighted by molar-refractivity contribution is 0.283. The number of hydrogen-bond donors (Lipinski definition) is 3. The molecular weight excluding hydrogens is 202 g/mol. The van der Waals surface area contributed by atoms with Crippen LogP contribution in [0.4, 0.5) is 5.69 Å². The monoisotopic (exact) mass is 211 g/mol. The molecule has 2 nitrogen and oxygen atoms in total. The Balaban J connectivity index is 2.80. The van der Waals surface area contributed by atoms with Gasteiger partial charge < -0.3 is 10.8 Å². The third-order valence-electron chi connectivity index (χ3n) is 1.87. The van der Waals surface area contributed by atoms with Gasteiger partial charge in [-0.3, -0.25) is 0 Å². The molecule has 3 N–H and O–H groups in total. The molecule has 0 radical (unpaired) electrons. The van der Waals surface area contributed by atoms with Gasteiger partial charge in [-0.05, 0) is 29.1 Å². The van der Waals surface area contributed by atoms with Crippen molar-refractivity contribution in [2.45, 2.75) is 10.8 Å². The second kappa shape index (κ2) is 3.21. The molecule has 2 rings (SSSR count). The molecule has 1 aromatic heterocycles. The molecule has 2 aromatic rings. The Bertz CT molecular complexity index is 450. The van der Waals surface area contributed by atoms with Crippen molar-refractivity contribution >= 4 is 39.7 Å². The molecular formula is C9H9NOS2. The summed E-state index contributed by atoms with van der Waals surface area (Å²) in [4.78, 5) is 0. The van der Waals surface area contributed by atoms with Gasteiger partial charge in [-0.25, -0.2) is 0 Å². The number of thiophene rings is 1. The molecule has 4 heteroatoms. The zero-order valence-electron chi connectivity index (χ0n) is 6.82. The van der Waals surface area contributed by atoms with E-state index >= 15 is 0 Å². The van der Waals surface area contributed by atoms with Crippen LogP contribution >= 0.6 is 24.0 Å². The van der Waals surface area contributed by atoms with Gasteiger partial charge in [0.05, 0.1) is 10.8 Å². The van der Waals surface area contributed by atoms with Gasteiger partial charge in [-0.15, -0.1) is 24.0 Å². The minimum atomic E-state index is 0.0231. The molecule has 0 unspecified atom stereocenters. The van der Waals surface area contributed by atoms with Crippen LogP contribution in [-0.2, 0) is 6.61 Å². The van der Waals surface area contributed by atoms with Crippen molar-refractivity contribution in [3.05, 3.63) is 23.8 Å². The van der Waals surface area contributed by atoms with Crippen LogP contribution in [0.15, 0.2) is 22.4 Å². The molecule has 0 saturated carbocycles. The maximum absolute atomic E-state index is 9.10.